The van der Waals surface area contributed by atoms with Crippen LogP contribution in [0.15, 0.2) is 0 Å². The zero-order valence-electron chi connectivity index (χ0n) is 8.74. The lowest BCUT2D eigenvalue weighted by Crippen LogP contribution is -2.29. The van der Waals surface area contributed by atoms with Crippen LogP contribution in [-0.4, -0.2) is 24.3 Å². The van der Waals surface area contributed by atoms with E-state index >= 15 is 0 Å². The summed E-state index contributed by atoms with van der Waals surface area (Å²) in [5, 5.41) is 0. The standard InChI is InChI=1S/C10H18O3/c1-5-10(4)12-8-6(2)7(3)11-9(8)13-10/h6-9H,5H2,1-4H3/t6?,7?,8-,9-,10?/m1/s1. The molecule has 2 aliphatic rings. The third kappa shape index (κ3) is 1.39. The van der Waals surface area contributed by atoms with Gasteiger partial charge in [-0.05, 0) is 20.3 Å². The minimum atomic E-state index is -0.427. The smallest absolute Gasteiger partial charge is 0.187 e. The molecule has 0 aliphatic carbocycles. The predicted molar refractivity (Wildman–Crippen MR) is 48.2 cm³/mol. The molecule has 2 rings (SSSR count). The molecule has 0 spiro atoms. The van der Waals surface area contributed by atoms with Gasteiger partial charge >= 0.3 is 0 Å². The Morgan fingerprint density at radius 3 is 2.46 bits per heavy atom. The highest BCUT2D eigenvalue weighted by Gasteiger charge is 2.52. The van der Waals surface area contributed by atoms with E-state index in [0.717, 1.165) is 6.42 Å². The Kier molecular flexibility index (Phi) is 2.13. The molecule has 2 fully saturated rings. The number of ether oxygens (including phenoxy) is 3. The van der Waals surface area contributed by atoms with Crippen molar-refractivity contribution in [2.24, 2.45) is 5.92 Å². The first-order valence-electron chi connectivity index (χ1n) is 5.07. The van der Waals surface area contributed by atoms with Crippen LogP contribution in [0.4, 0.5) is 0 Å². The molecule has 2 aliphatic heterocycles. The van der Waals surface area contributed by atoms with Gasteiger partial charge in [0.1, 0.15) is 6.10 Å². The summed E-state index contributed by atoms with van der Waals surface area (Å²) in [7, 11) is 0. The van der Waals surface area contributed by atoms with Crippen molar-refractivity contribution in [3.05, 3.63) is 0 Å². The molecule has 2 heterocycles. The van der Waals surface area contributed by atoms with Crippen molar-refractivity contribution >= 4 is 0 Å². The Morgan fingerprint density at radius 1 is 1.23 bits per heavy atom. The van der Waals surface area contributed by atoms with E-state index in [-0.39, 0.29) is 18.5 Å². The second-order valence-corrected chi connectivity index (χ2v) is 4.26. The fraction of sp³-hybridized carbons (Fsp3) is 1.00. The van der Waals surface area contributed by atoms with Crippen LogP contribution < -0.4 is 0 Å². The van der Waals surface area contributed by atoms with E-state index in [1.54, 1.807) is 0 Å². The Balaban J connectivity index is 2.08. The van der Waals surface area contributed by atoms with E-state index < -0.39 is 5.79 Å². The quantitative estimate of drug-likeness (QED) is 0.626. The summed E-state index contributed by atoms with van der Waals surface area (Å²) in [6, 6.07) is 0. The molecule has 76 valence electrons. The molecule has 0 saturated carbocycles. The van der Waals surface area contributed by atoms with Crippen molar-refractivity contribution in [3.63, 3.8) is 0 Å². The third-order valence-corrected chi connectivity index (χ3v) is 3.27. The number of hydrogen-bond donors (Lipinski definition) is 0. The summed E-state index contributed by atoms with van der Waals surface area (Å²) >= 11 is 0. The maximum Gasteiger partial charge on any atom is 0.187 e. The van der Waals surface area contributed by atoms with E-state index in [0.29, 0.717) is 5.92 Å². The van der Waals surface area contributed by atoms with Gasteiger partial charge in [-0.1, -0.05) is 13.8 Å². The van der Waals surface area contributed by atoms with Gasteiger partial charge in [0.2, 0.25) is 0 Å². The highest BCUT2D eigenvalue weighted by molar-refractivity contribution is 4.89. The van der Waals surface area contributed by atoms with Gasteiger partial charge in [-0.2, -0.15) is 0 Å². The molecule has 0 aromatic heterocycles. The van der Waals surface area contributed by atoms with Crippen LogP contribution in [0, 0.1) is 5.92 Å². The molecular formula is C10H18O3. The molecule has 0 bridgehead atoms. The van der Waals surface area contributed by atoms with Gasteiger partial charge in [0.25, 0.3) is 0 Å². The summed E-state index contributed by atoms with van der Waals surface area (Å²) < 4.78 is 17.2. The summed E-state index contributed by atoms with van der Waals surface area (Å²) in [5.74, 6) is 0.00220. The maximum atomic E-state index is 5.86. The van der Waals surface area contributed by atoms with Crippen molar-refractivity contribution < 1.29 is 14.2 Å². The van der Waals surface area contributed by atoms with Gasteiger partial charge in [-0.15, -0.1) is 0 Å². The summed E-state index contributed by atoms with van der Waals surface area (Å²) in [6.07, 6.45) is 1.09. The van der Waals surface area contributed by atoms with Gasteiger partial charge in [0, 0.05) is 5.92 Å². The van der Waals surface area contributed by atoms with E-state index in [1.165, 1.54) is 0 Å². The normalized spacial score (nSPS) is 55.4. The molecule has 13 heavy (non-hydrogen) atoms. The fourth-order valence-electron chi connectivity index (χ4n) is 1.91. The van der Waals surface area contributed by atoms with Gasteiger partial charge < -0.3 is 14.2 Å². The number of hydrogen-bond acceptors (Lipinski definition) is 3. The lowest BCUT2D eigenvalue weighted by molar-refractivity contribution is -0.218. The van der Waals surface area contributed by atoms with E-state index in [4.69, 9.17) is 14.2 Å². The van der Waals surface area contributed by atoms with Crippen LogP contribution in [0.5, 0.6) is 0 Å². The second-order valence-electron chi connectivity index (χ2n) is 4.26. The largest absolute Gasteiger partial charge is 0.346 e. The molecule has 5 atom stereocenters. The number of fused-ring (bicyclic) bond motifs is 1. The molecule has 3 nitrogen and oxygen atoms in total. The molecule has 0 radical (unpaired) electrons. The highest BCUT2D eigenvalue weighted by atomic mass is 16.8. The third-order valence-electron chi connectivity index (χ3n) is 3.27. The van der Waals surface area contributed by atoms with Crippen LogP contribution in [0.25, 0.3) is 0 Å². The van der Waals surface area contributed by atoms with Crippen molar-refractivity contribution in [2.75, 3.05) is 0 Å². The Bertz CT molecular complexity index is 206. The van der Waals surface area contributed by atoms with Crippen molar-refractivity contribution in [1.29, 1.82) is 0 Å². The molecule has 0 aromatic carbocycles. The van der Waals surface area contributed by atoms with Crippen LogP contribution in [-0.2, 0) is 14.2 Å². The minimum absolute atomic E-state index is 0.125. The average molecular weight is 186 g/mol. The fourth-order valence-corrected chi connectivity index (χ4v) is 1.91. The van der Waals surface area contributed by atoms with Crippen LogP contribution in [0.3, 0.4) is 0 Å². The number of rotatable bonds is 1. The van der Waals surface area contributed by atoms with E-state index in [1.807, 2.05) is 6.92 Å². The summed E-state index contributed by atoms with van der Waals surface area (Å²) in [4.78, 5) is 0. The Labute approximate surface area is 79.4 Å². The van der Waals surface area contributed by atoms with Gasteiger partial charge in [0.15, 0.2) is 12.1 Å². The van der Waals surface area contributed by atoms with Gasteiger partial charge in [-0.25, -0.2) is 0 Å². The lowest BCUT2D eigenvalue weighted by Gasteiger charge is -2.24. The molecular weight excluding hydrogens is 168 g/mol. The van der Waals surface area contributed by atoms with Crippen LogP contribution >= 0.6 is 0 Å². The maximum absolute atomic E-state index is 5.86. The second kappa shape index (κ2) is 2.94. The zero-order chi connectivity index (χ0) is 9.64. The van der Waals surface area contributed by atoms with Crippen molar-refractivity contribution in [3.8, 4) is 0 Å². The first-order chi connectivity index (χ1) is 6.06. The average Bonchev–Trinajstić information content (AvgIpc) is 2.52. The SMILES string of the molecule is CCC1(C)O[C@H]2OC(C)C(C)[C@H]2O1. The van der Waals surface area contributed by atoms with E-state index in [9.17, 15) is 0 Å². The van der Waals surface area contributed by atoms with Gasteiger partial charge in [0.05, 0.1) is 6.10 Å². The van der Waals surface area contributed by atoms with Crippen molar-refractivity contribution in [1.82, 2.24) is 0 Å². The zero-order valence-corrected chi connectivity index (χ0v) is 8.74. The first kappa shape index (κ1) is 9.44. The van der Waals surface area contributed by atoms with E-state index in [2.05, 4.69) is 20.8 Å². The molecule has 0 amide bonds. The molecule has 0 N–H and O–H groups in total. The van der Waals surface area contributed by atoms with Crippen LogP contribution in [0.1, 0.15) is 34.1 Å². The van der Waals surface area contributed by atoms with Crippen molar-refractivity contribution in [2.45, 2.75) is 58.4 Å². The molecule has 2 saturated heterocycles. The van der Waals surface area contributed by atoms with Crippen LogP contribution in [0.2, 0.25) is 0 Å². The summed E-state index contributed by atoms with van der Waals surface area (Å²) in [5.41, 5.74) is 0. The Hall–Kier alpha value is -0.120. The monoisotopic (exact) mass is 186 g/mol. The predicted octanol–water partition coefficient (Wildman–Crippen LogP) is 1.91. The summed E-state index contributed by atoms with van der Waals surface area (Å²) in [6.45, 7) is 8.26. The topological polar surface area (TPSA) is 27.7 Å². The molecule has 0 aromatic rings. The highest BCUT2D eigenvalue weighted by Crippen LogP contribution is 2.41. The molecule has 3 heteroatoms. The first-order valence-corrected chi connectivity index (χ1v) is 5.07. The molecule has 3 unspecified atom stereocenters. The Morgan fingerprint density at radius 2 is 1.92 bits per heavy atom. The lowest BCUT2D eigenvalue weighted by atomic mass is 10.0. The van der Waals surface area contributed by atoms with Gasteiger partial charge in [-0.3, -0.25) is 0 Å². The minimum Gasteiger partial charge on any atom is -0.346 e.